The number of benzene rings is 3. The van der Waals surface area contributed by atoms with Crippen LogP contribution in [-0.4, -0.2) is 8.80 Å². The van der Waals surface area contributed by atoms with Crippen molar-refractivity contribution < 1.29 is 0 Å². The smallest absolute Gasteiger partial charge is 0.0445 e. The van der Waals surface area contributed by atoms with Crippen molar-refractivity contribution >= 4 is 24.4 Å². The second-order valence-corrected chi connectivity index (χ2v) is 13.1. The van der Waals surface area contributed by atoms with E-state index in [4.69, 9.17) is 0 Å². The molecule has 0 N–H and O–H groups in total. The van der Waals surface area contributed by atoms with E-state index in [0.29, 0.717) is 0 Å². The maximum atomic E-state index is 2.38. The van der Waals surface area contributed by atoms with Crippen LogP contribution in [0.5, 0.6) is 0 Å². The van der Waals surface area contributed by atoms with Crippen molar-refractivity contribution in [1.82, 2.24) is 0 Å². The van der Waals surface area contributed by atoms with Gasteiger partial charge in [0.25, 0.3) is 0 Å². The fraction of sp³-hybridized carbons (Fsp3) is 0.455. The molecule has 0 aliphatic rings. The van der Waals surface area contributed by atoms with Crippen molar-refractivity contribution in [3.8, 4) is 0 Å². The summed E-state index contributed by atoms with van der Waals surface area (Å²) in [6.07, 6.45) is 0. The third kappa shape index (κ3) is 3.72. The van der Waals surface area contributed by atoms with E-state index in [1.807, 2.05) is 0 Å². The van der Waals surface area contributed by atoms with E-state index in [9.17, 15) is 0 Å². The topological polar surface area (TPSA) is 0 Å². The highest BCUT2D eigenvalue weighted by Crippen LogP contribution is 2.26. The first-order valence-electron chi connectivity index (χ1n) is 12.8. The lowest BCUT2D eigenvalue weighted by Gasteiger charge is -2.24. The third-order valence-electron chi connectivity index (χ3n) is 9.75. The van der Waals surface area contributed by atoms with Crippen LogP contribution in [0.4, 0.5) is 0 Å². The fourth-order valence-electron chi connectivity index (χ4n) is 6.00. The van der Waals surface area contributed by atoms with E-state index in [2.05, 4.69) is 104 Å². The highest BCUT2D eigenvalue weighted by Gasteiger charge is 2.46. The predicted octanol–water partition coefficient (Wildman–Crippen LogP) is 6.83. The minimum atomic E-state index is -1.24. The molecule has 1 heteroatoms. The molecule has 0 radical (unpaired) electrons. The number of hydrogen-bond acceptors (Lipinski definition) is 0. The van der Waals surface area contributed by atoms with E-state index in [-0.39, 0.29) is 0 Å². The molecule has 34 heavy (non-hydrogen) atoms. The third-order valence-corrected chi connectivity index (χ3v) is 13.5. The summed E-state index contributed by atoms with van der Waals surface area (Å²) in [4.78, 5) is 0. The molecule has 0 unspecified atom stereocenters. The SMILES string of the molecule is Cc1c(C)c(C)c([Si+](c2c(C)c(C)c(C)c(C)c2C)c2c(C)c(C)c(C)c(C)c2C)c(C)c1C. The van der Waals surface area contributed by atoms with Crippen LogP contribution in [0.3, 0.4) is 0 Å². The molecule has 0 aliphatic carbocycles. The predicted molar refractivity (Wildman–Crippen MR) is 155 cm³/mol. The lowest BCUT2D eigenvalue weighted by molar-refractivity contribution is 1.18. The second kappa shape index (κ2) is 9.15. The van der Waals surface area contributed by atoms with Crippen LogP contribution in [0, 0.1) is 104 Å². The molecular weight excluding hydrogens is 424 g/mol. The van der Waals surface area contributed by atoms with Crippen LogP contribution < -0.4 is 15.6 Å². The van der Waals surface area contributed by atoms with E-state index in [1.54, 1.807) is 15.6 Å². The van der Waals surface area contributed by atoms with Crippen molar-refractivity contribution in [2.45, 2.75) is 104 Å². The summed E-state index contributed by atoms with van der Waals surface area (Å²) in [5.41, 5.74) is 22.1. The fourth-order valence-corrected chi connectivity index (χ4v) is 10.1. The zero-order valence-corrected chi connectivity index (χ0v) is 25.5. The Morgan fingerprint density at radius 3 is 0.471 bits per heavy atom. The molecule has 0 saturated carbocycles. The Hall–Kier alpha value is -2.12. The van der Waals surface area contributed by atoms with Gasteiger partial charge in [-0.25, -0.2) is 0 Å². The van der Waals surface area contributed by atoms with Crippen LogP contribution in [-0.2, 0) is 0 Å². The van der Waals surface area contributed by atoms with Gasteiger partial charge in [0.15, 0.2) is 0 Å². The van der Waals surface area contributed by atoms with Crippen molar-refractivity contribution in [1.29, 1.82) is 0 Å². The summed E-state index contributed by atoms with van der Waals surface area (Å²) >= 11 is 0. The lowest BCUT2D eigenvalue weighted by atomic mass is 9.94. The van der Waals surface area contributed by atoms with E-state index < -0.39 is 8.80 Å². The highest BCUT2D eigenvalue weighted by atomic mass is 28.3. The molecule has 3 aromatic rings. The first kappa shape index (κ1) is 26.5. The first-order valence-corrected chi connectivity index (χ1v) is 14.2. The molecule has 0 fully saturated rings. The Labute approximate surface area is 211 Å². The second-order valence-electron chi connectivity index (χ2n) is 10.9. The monoisotopic (exact) mass is 469 g/mol. The molecule has 0 spiro atoms. The summed E-state index contributed by atoms with van der Waals surface area (Å²) in [6, 6.07) is 0. The minimum Gasteiger partial charge on any atom is -0.0445 e. The van der Waals surface area contributed by atoms with Gasteiger partial charge in [-0.1, -0.05) is 0 Å². The van der Waals surface area contributed by atoms with Gasteiger partial charge >= 0.3 is 8.80 Å². The molecule has 0 saturated heterocycles. The maximum absolute atomic E-state index is 2.38. The van der Waals surface area contributed by atoms with Crippen LogP contribution in [0.2, 0.25) is 0 Å². The summed E-state index contributed by atoms with van der Waals surface area (Å²) < 4.78 is 0. The van der Waals surface area contributed by atoms with Crippen molar-refractivity contribution in [3.63, 3.8) is 0 Å². The van der Waals surface area contributed by atoms with Crippen LogP contribution >= 0.6 is 0 Å². The van der Waals surface area contributed by atoms with Crippen molar-refractivity contribution in [3.05, 3.63) is 83.5 Å². The zero-order chi connectivity index (χ0) is 26.0. The highest BCUT2D eigenvalue weighted by molar-refractivity contribution is 6.97. The van der Waals surface area contributed by atoms with E-state index in [1.165, 1.54) is 83.5 Å². The molecule has 3 aromatic carbocycles. The number of rotatable bonds is 3. The van der Waals surface area contributed by atoms with Gasteiger partial charge < -0.3 is 0 Å². The molecule has 180 valence electrons. The normalized spacial score (nSPS) is 11.4. The van der Waals surface area contributed by atoms with Gasteiger partial charge in [0.05, 0.1) is 0 Å². The molecule has 0 aromatic heterocycles. The standard InChI is InChI=1S/C33H45Si/c1-16-19(4)25(10)31(26(11)20(16)5)34(32-27(12)21(6)17(2)22(7)28(32)13)33-29(14)23(8)18(3)24(9)30(33)15/h1-15H3/q+1. The van der Waals surface area contributed by atoms with E-state index in [0.717, 1.165) is 0 Å². The van der Waals surface area contributed by atoms with Crippen LogP contribution in [0.1, 0.15) is 83.5 Å². The summed E-state index contributed by atoms with van der Waals surface area (Å²) in [7, 11) is -1.24. The van der Waals surface area contributed by atoms with Gasteiger partial charge in [0.2, 0.25) is 0 Å². The van der Waals surface area contributed by atoms with Crippen LogP contribution in [0.25, 0.3) is 0 Å². The van der Waals surface area contributed by atoms with Gasteiger partial charge in [0, 0.05) is 0 Å². The molecule has 0 heterocycles. The maximum Gasteiger partial charge on any atom is 0.430 e. The summed E-state index contributed by atoms with van der Waals surface area (Å²) in [5.74, 6) is 0. The van der Waals surface area contributed by atoms with Crippen LogP contribution in [0.15, 0.2) is 0 Å². The largest absolute Gasteiger partial charge is 0.430 e. The van der Waals surface area contributed by atoms with Gasteiger partial charge in [-0.05, 0) is 187 Å². The minimum absolute atomic E-state index is 1.24. The lowest BCUT2D eigenvalue weighted by Crippen LogP contribution is -2.58. The van der Waals surface area contributed by atoms with Gasteiger partial charge in [-0.3, -0.25) is 0 Å². The van der Waals surface area contributed by atoms with Gasteiger partial charge in [-0.2, -0.15) is 0 Å². The Kier molecular flexibility index (Phi) is 7.13. The summed E-state index contributed by atoms with van der Waals surface area (Å²) in [5, 5.41) is 4.86. The molecular formula is C33H45Si+. The summed E-state index contributed by atoms with van der Waals surface area (Å²) in [6.45, 7) is 35.2. The van der Waals surface area contributed by atoms with Crippen molar-refractivity contribution in [2.75, 3.05) is 0 Å². The number of hydrogen-bond donors (Lipinski definition) is 0. The molecule has 0 atom stereocenters. The van der Waals surface area contributed by atoms with E-state index >= 15 is 0 Å². The quantitative estimate of drug-likeness (QED) is 0.291. The Bertz CT molecular complexity index is 1080. The average molecular weight is 470 g/mol. The molecule has 0 aliphatic heterocycles. The zero-order valence-electron chi connectivity index (χ0n) is 24.5. The molecule has 0 amide bonds. The van der Waals surface area contributed by atoms with Crippen molar-refractivity contribution in [2.24, 2.45) is 0 Å². The molecule has 0 nitrogen and oxygen atoms in total. The molecule has 3 rings (SSSR count). The van der Waals surface area contributed by atoms with Gasteiger partial charge in [-0.15, -0.1) is 0 Å². The Balaban J connectivity index is 2.68. The Morgan fingerprint density at radius 2 is 0.324 bits per heavy atom. The average Bonchev–Trinajstić information content (AvgIpc) is 2.81. The first-order chi connectivity index (χ1) is 15.7. The Morgan fingerprint density at radius 1 is 0.206 bits per heavy atom. The molecule has 0 bridgehead atoms. The van der Waals surface area contributed by atoms with Gasteiger partial charge in [0.1, 0.15) is 15.6 Å².